The number of carboxylic acid groups (broad SMARTS) is 1. The Morgan fingerprint density at radius 2 is 2.23 bits per heavy atom. The van der Waals surface area contributed by atoms with Crippen LogP contribution in [0.2, 0.25) is 0 Å². The lowest BCUT2D eigenvalue weighted by atomic mass is 10.2. The van der Waals surface area contributed by atoms with Crippen LogP contribution in [0.5, 0.6) is 0 Å². The minimum Gasteiger partial charge on any atom is -0.480 e. The highest BCUT2D eigenvalue weighted by atomic mass is 16.5. The van der Waals surface area contributed by atoms with E-state index in [1.807, 2.05) is 19.1 Å². The second-order valence-electron chi connectivity index (χ2n) is 2.87. The van der Waals surface area contributed by atoms with Gasteiger partial charge in [-0.15, -0.1) is 0 Å². The highest BCUT2D eigenvalue weighted by molar-refractivity contribution is 5.68. The van der Waals surface area contributed by atoms with Crippen molar-refractivity contribution < 1.29 is 14.6 Å². The third-order valence-corrected chi connectivity index (χ3v) is 1.63. The molecule has 1 unspecified atom stereocenters. The molecule has 0 rings (SSSR count). The van der Waals surface area contributed by atoms with E-state index in [-0.39, 0.29) is 12.7 Å². The predicted molar refractivity (Wildman–Crippen MR) is 51.7 cm³/mol. The van der Waals surface area contributed by atoms with Gasteiger partial charge in [0.15, 0.2) is 0 Å². The van der Waals surface area contributed by atoms with Crippen molar-refractivity contribution in [1.82, 2.24) is 0 Å². The number of carbonyl (C=O) groups is 1. The van der Waals surface area contributed by atoms with Gasteiger partial charge in [-0.05, 0) is 12.8 Å². The van der Waals surface area contributed by atoms with E-state index < -0.39 is 5.97 Å². The average molecular weight is 186 g/mol. The summed E-state index contributed by atoms with van der Waals surface area (Å²) in [6.45, 7) is 3.86. The summed E-state index contributed by atoms with van der Waals surface area (Å²) in [4.78, 5) is 10.2. The largest absolute Gasteiger partial charge is 0.480 e. The quantitative estimate of drug-likeness (QED) is 0.620. The van der Waals surface area contributed by atoms with E-state index in [1.165, 1.54) is 0 Å². The number of rotatable bonds is 7. The normalized spacial score (nSPS) is 13.4. The summed E-state index contributed by atoms with van der Waals surface area (Å²) in [6.07, 6.45) is 6.86. The van der Waals surface area contributed by atoms with E-state index in [4.69, 9.17) is 9.84 Å². The van der Waals surface area contributed by atoms with Gasteiger partial charge in [-0.3, -0.25) is 0 Å². The first-order chi connectivity index (χ1) is 6.20. The van der Waals surface area contributed by atoms with Crippen molar-refractivity contribution in [2.24, 2.45) is 0 Å². The van der Waals surface area contributed by atoms with Crippen LogP contribution in [-0.2, 0) is 9.53 Å². The smallest absolute Gasteiger partial charge is 0.329 e. The molecular weight excluding hydrogens is 168 g/mol. The Kier molecular flexibility index (Phi) is 7.30. The van der Waals surface area contributed by atoms with Gasteiger partial charge in [0, 0.05) is 0 Å². The Hall–Kier alpha value is -0.830. The third-order valence-electron chi connectivity index (χ3n) is 1.63. The second kappa shape index (κ2) is 7.80. The highest BCUT2D eigenvalue weighted by Crippen LogP contribution is 2.01. The van der Waals surface area contributed by atoms with Gasteiger partial charge in [0.1, 0.15) is 6.61 Å². The van der Waals surface area contributed by atoms with Crippen molar-refractivity contribution in [2.75, 3.05) is 6.61 Å². The molecule has 0 fully saturated rings. The summed E-state index contributed by atoms with van der Waals surface area (Å²) in [7, 11) is 0. The fourth-order valence-electron chi connectivity index (χ4n) is 0.902. The van der Waals surface area contributed by atoms with Crippen molar-refractivity contribution in [3.63, 3.8) is 0 Å². The van der Waals surface area contributed by atoms with Crippen molar-refractivity contribution in [3.8, 4) is 0 Å². The summed E-state index contributed by atoms with van der Waals surface area (Å²) in [5.41, 5.74) is 0. The lowest BCUT2D eigenvalue weighted by Crippen LogP contribution is -2.15. The van der Waals surface area contributed by atoms with Gasteiger partial charge in [0.2, 0.25) is 0 Å². The molecule has 3 nitrogen and oxygen atoms in total. The number of allylic oxidation sites excluding steroid dienone is 1. The number of ether oxygens (including phenoxy) is 1. The maximum absolute atomic E-state index is 10.2. The van der Waals surface area contributed by atoms with Gasteiger partial charge in [-0.1, -0.05) is 32.4 Å². The van der Waals surface area contributed by atoms with Crippen LogP contribution in [0.4, 0.5) is 0 Å². The van der Waals surface area contributed by atoms with Gasteiger partial charge in [-0.2, -0.15) is 0 Å². The van der Waals surface area contributed by atoms with E-state index >= 15 is 0 Å². The summed E-state index contributed by atoms with van der Waals surface area (Å²) in [5.74, 6) is -0.914. The van der Waals surface area contributed by atoms with Crippen molar-refractivity contribution in [2.45, 2.75) is 39.2 Å². The van der Waals surface area contributed by atoms with E-state index in [1.54, 1.807) is 0 Å². The second-order valence-corrected chi connectivity index (χ2v) is 2.87. The molecule has 3 heteroatoms. The summed E-state index contributed by atoms with van der Waals surface area (Å²) < 4.78 is 5.11. The monoisotopic (exact) mass is 186 g/mol. The zero-order valence-electron chi connectivity index (χ0n) is 8.32. The number of unbranched alkanes of at least 4 members (excludes halogenated alkanes) is 1. The van der Waals surface area contributed by atoms with Crippen LogP contribution in [0.15, 0.2) is 12.2 Å². The lowest BCUT2D eigenvalue weighted by Gasteiger charge is -2.09. The number of carboxylic acids is 1. The van der Waals surface area contributed by atoms with Crippen LogP contribution in [0, 0.1) is 0 Å². The minimum atomic E-state index is -0.914. The fourth-order valence-corrected chi connectivity index (χ4v) is 0.902. The first kappa shape index (κ1) is 12.2. The van der Waals surface area contributed by atoms with Crippen LogP contribution in [0.3, 0.4) is 0 Å². The molecule has 1 N–H and O–H groups in total. The molecular formula is C10H18O3. The topological polar surface area (TPSA) is 46.5 Å². The Morgan fingerprint density at radius 3 is 2.69 bits per heavy atom. The molecule has 0 amide bonds. The fraction of sp³-hybridized carbons (Fsp3) is 0.700. The van der Waals surface area contributed by atoms with Crippen molar-refractivity contribution in [3.05, 3.63) is 12.2 Å². The molecule has 1 atom stereocenters. The first-order valence-corrected chi connectivity index (χ1v) is 4.70. The number of hydrogen-bond donors (Lipinski definition) is 1. The summed E-state index contributed by atoms with van der Waals surface area (Å²) >= 11 is 0. The van der Waals surface area contributed by atoms with E-state index in [9.17, 15) is 4.79 Å². The molecule has 76 valence electrons. The van der Waals surface area contributed by atoms with Crippen LogP contribution in [0.1, 0.15) is 33.1 Å². The zero-order chi connectivity index (χ0) is 10.1. The highest BCUT2D eigenvalue weighted by Gasteiger charge is 2.03. The predicted octanol–water partition coefficient (Wildman–Crippen LogP) is 2.22. The SMILES string of the molecule is CCCC=CC(CC)OCC(=O)O. The molecule has 0 aromatic heterocycles. The minimum absolute atomic E-state index is 0.0531. The summed E-state index contributed by atoms with van der Waals surface area (Å²) in [5, 5.41) is 8.38. The molecule has 0 aliphatic carbocycles. The molecule has 0 spiro atoms. The molecule has 0 aliphatic heterocycles. The molecule has 0 aromatic rings. The summed E-state index contributed by atoms with van der Waals surface area (Å²) in [6, 6.07) is 0. The van der Waals surface area contributed by atoms with Crippen LogP contribution >= 0.6 is 0 Å². The zero-order valence-corrected chi connectivity index (χ0v) is 8.32. The standard InChI is InChI=1S/C10H18O3/c1-3-5-6-7-9(4-2)13-8-10(11)12/h6-7,9H,3-5,8H2,1-2H3,(H,11,12). The number of aliphatic carboxylic acids is 1. The van der Waals surface area contributed by atoms with Gasteiger partial charge in [0.25, 0.3) is 0 Å². The lowest BCUT2D eigenvalue weighted by molar-refractivity contribution is -0.143. The van der Waals surface area contributed by atoms with E-state index in [2.05, 4.69) is 6.92 Å². The van der Waals surface area contributed by atoms with Gasteiger partial charge >= 0.3 is 5.97 Å². The van der Waals surface area contributed by atoms with Crippen LogP contribution in [0.25, 0.3) is 0 Å². The molecule has 0 heterocycles. The van der Waals surface area contributed by atoms with E-state index in [0.717, 1.165) is 19.3 Å². The Bertz CT molecular complexity index is 164. The van der Waals surface area contributed by atoms with Crippen LogP contribution < -0.4 is 0 Å². The molecule has 0 aliphatic rings. The Labute approximate surface area is 79.4 Å². The van der Waals surface area contributed by atoms with Crippen LogP contribution in [-0.4, -0.2) is 23.8 Å². The maximum Gasteiger partial charge on any atom is 0.329 e. The Balaban J connectivity index is 3.68. The van der Waals surface area contributed by atoms with E-state index in [0.29, 0.717) is 0 Å². The third kappa shape index (κ3) is 7.53. The molecule has 0 bridgehead atoms. The van der Waals surface area contributed by atoms with Crippen molar-refractivity contribution in [1.29, 1.82) is 0 Å². The average Bonchev–Trinajstić information content (AvgIpc) is 2.10. The molecule has 0 radical (unpaired) electrons. The molecule has 0 saturated carbocycles. The molecule has 0 saturated heterocycles. The van der Waals surface area contributed by atoms with Gasteiger partial charge in [0.05, 0.1) is 6.10 Å². The first-order valence-electron chi connectivity index (χ1n) is 4.70. The number of hydrogen-bond acceptors (Lipinski definition) is 2. The molecule has 0 aromatic carbocycles. The Morgan fingerprint density at radius 1 is 1.54 bits per heavy atom. The maximum atomic E-state index is 10.2. The van der Waals surface area contributed by atoms with Crippen molar-refractivity contribution >= 4 is 5.97 Å². The molecule has 13 heavy (non-hydrogen) atoms. The van der Waals surface area contributed by atoms with Gasteiger partial charge < -0.3 is 9.84 Å². The van der Waals surface area contributed by atoms with Gasteiger partial charge in [-0.25, -0.2) is 4.79 Å².